The van der Waals surface area contributed by atoms with E-state index in [1.54, 1.807) is 46.1 Å². The van der Waals surface area contributed by atoms with Crippen LogP contribution in [0.15, 0.2) is 53.6 Å². The number of likely N-dealkylation sites (tertiary alicyclic amines) is 1. The molecule has 0 saturated carbocycles. The molecule has 0 atom stereocenters. The normalized spacial score (nSPS) is 15.0. The third kappa shape index (κ3) is 3.57. The molecule has 2 aromatic carbocycles. The molecule has 0 bridgehead atoms. The van der Waals surface area contributed by atoms with Gasteiger partial charge in [0, 0.05) is 24.2 Å². The van der Waals surface area contributed by atoms with Crippen molar-refractivity contribution >= 4 is 34.2 Å². The van der Waals surface area contributed by atoms with Crippen LogP contribution in [0.1, 0.15) is 18.9 Å². The molecule has 8 heteroatoms. The predicted octanol–water partition coefficient (Wildman–Crippen LogP) is 4.06. The molecule has 0 radical (unpaired) electrons. The first-order valence-electron chi connectivity index (χ1n) is 9.00. The first-order valence-corrected chi connectivity index (χ1v) is 9.37. The topological polar surface area (TPSA) is 67.2 Å². The van der Waals surface area contributed by atoms with Crippen molar-refractivity contribution in [3.8, 4) is 0 Å². The van der Waals surface area contributed by atoms with Crippen LogP contribution in [0.2, 0.25) is 5.02 Å². The van der Waals surface area contributed by atoms with Crippen molar-refractivity contribution in [3.63, 3.8) is 0 Å². The number of hydrogen-bond acceptors (Lipinski definition) is 3. The maximum absolute atomic E-state index is 13.7. The number of hydrogen-bond donors (Lipinski definition) is 1. The van der Waals surface area contributed by atoms with Crippen molar-refractivity contribution in [1.29, 1.82) is 0 Å². The molecule has 1 aliphatic rings. The van der Waals surface area contributed by atoms with Crippen LogP contribution in [0, 0.1) is 5.82 Å². The highest BCUT2D eigenvalue weighted by atomic mass is 35.5. The second-order valence-corrected chi connectivity index (χ2v) is 7.18. The third-order valence-corrected chi connectivity index (χ3v) is 5.24. The average molecular weight is 401 g/mol. The minimum Gasteiger partial charge on any atom is -0.324 e. The Morgan fingerprint density at radius 2 is 1.93 bits per heavy atom. The zero-order valence-corrected chi connectivity index (χ0v) is 15.7. The molecular formula is C20H18ClFN4O2. The van der Waals surface area contributed by atoms with E-state index in [-0.39, 0.29) is 23.3 Å². The van der Waals surface area contributed by atoms with Gasteiger partial charge in [0.05, 0.1) is 22.9 Å². The number of para-hydroxylation sites is 1. The lowest BCUT2D eigenvalue weighted by molar-refractivity contribution is 0.182. The molecule has 144 valence electrons. The molecule has 4 rings (SSSR count). The van der Waals surface area contributed by atoms with Crippen LogP contribution in [-0.4, -0.2) is 33.6 Å². The van der Waals surface area contributed by atoms with Gasteiger partial charge in [-0.3, -0.25) is 9.36 Å². The molecule has 0 unspecified atom stereocenters. The average Bonchev–Trinajstić information content (AvgIpc) is 2.70. The van der Waals surface area contributed by atoms with Crippen molar-refractivity contribution in [3.05, 3.63) is 70.0 Å². The van der Waals surface area contributed by atoms with Gasteiger partial charge in [0.1, 0.15) is 5.82 Å². The Hall–Kier alpha value is -2.93. The van der Waals surface area contributed by atoms with Crippen LogP contribution < -0.4 is 10.9 Å². The molecule has 3 aromatic rings. The minimum atomic E-state index is -0.474. The largest absolute Gasteiger partial charge is 0.324 e. The molecule has 0 aliphatic carbocycles. The second kappa shape index (κ2) is 7.59. The fourth-order valence-electron chi connectivity index (χ4n) is 3.47. The van der Waals surface area contributed by atoms with E-state index in [0.29, 0.717) is 41.9 Å². The Kier molecular flexibility index (Phi) is 5.00. The smallest absolute Gasteiger partial charge is 0.321 e. The van der Waals surface area contributed by atoms with Crippen molar-refractivity contribution in [2.75, 3.05) is 18.4 Å². The summed E-state index contributed by atoms with van der Waals surface area (Å²) in [5, 5.41) is 3.56. The molecule has 28 heavy (non-hydrogen) atoms. The maximum atomic E-state index is 13.7. The summed E-state index contributed by atoms with van der Waals surface area (Å²) in [6, 6.07) is 10.7. The zero-order chi connectivity index (χ0) is 19.7. The van der Waals surface area contributed by atoms with E-state index in [0.717, 1.165) is 0 Å². The van der Waals surface area contributed by atoms with Crippen LogP contribution in [0.5, 0.6) is 0 Å². The second-order valence-electron chi connectivity index (χ2n) is 6.75. The van der Waals surface area contributed by atoms with Gasteiger partial charge in [-0.05, 0) is 43.2 Å². The lowest BCUT2D eigenvalue weighted by atomic mass is 10.0. The van der Waals surface area contributed by atoms with Gasteiger partial charge in [-0.1, -0.05) is 23.7 Å². The lowest BCUT2D eigenvalue weighted by Crippen LogP contribution is -2.43. The van der Waals surface area contributed by atoms with Gasteiger partial charge in [-0.25, -0.2) is 14.2 Å². The number of nitrogens with one attached hydrogen (secondary N) is 1. The van der Waals surface area contributed by atoms with E-state index in [1.807, 2.05) is 0 Å². The lowest BCUT2D eigenvalue weighted by Gasteiger charge is -2.32. The molecule has 0 spiro atoms. The van der Waals surface area contributed by atoms with E-state index >= 15 is 0 Å². The van der Waals surface area contributed by atoms with Crippen molar-refractivity contribution in [2.45, 2.75) is 18.9 Å². The number of fused-ring (bicyclic) bond motifs is 1. The number of halogens is 2. The molecule has 1 N–H and O–H groups in total. The molecule has 6 nitrogen and oxygen atoms in total. The minimum absolute atomic E-state index is 0.0547. The van der Waals surface area contributed by atoms with Crippen LogP contribution in [0.3, 0.4) is 0 Å². The number of benzene rings is 2. The van der Waals surface area contributed by atoms with Crippen LogP contribution in [0.4, 0.5) is 14.9 Å². The number of carbonyl (C=O) groups excluding carboxylic acids is 1. The molecular weight excluding hydrogens is 383 g/mol. The number of anilines is 1. The van der Waals surface area contributed by atoms with E-state index in [1.165, 1.54) is 12.1 Å². The molecule has 2 heterocycles. The Balaban J connectivity index is 1.46. The number of amides is 2. The number of carbonyl (C=O) groups is 1. The van der Waals surface area contributed by atoms with Crippen LogP contribution in [-0.2, 0) is 0 Å². The van der Waals surface area contributed by atoms with Gasteiger partial charge in [-0.2, -0.15) is 0 Å². The van der Waals surface area contributed by atoms with Gasteiger partial charge in [0.25, 0.3) is 5.56 Å². The number of rotatable bonds is 2. The Morgan fingerprint density at radius 3 is 2.68 bits per heavy atom. The summed E-state index contributed by atoms with van der Waals surface area (Å²) in [7, 11) is 0. The molecule has 1 aliphatic heterocycles. The summed E-state index contributed by atoms with van der Waals surface area (Å²) < 4.78 is 15.3. The van der Waals surface area contributed by atoms with E-state index in [9.17, 15) is 14.0 Å². The van der Waals surface area contributed by atoms with Crippen LogP contribution >= 0.6 is 11.6 Å². The molecule has 2 amide bonds. The molecule has 1 aromatic heterocycles. The number of piperidine rings is 1. The number of nitrogens with zero attached hydrogens (tertiary/aromatic N) is 3. The fraction of sp³-hybridized carbons (Fsp3) is 0.250. The predicted molar refractivity (Wildman–Crippen MR) is 106 cm³/mol. The Labute approximate surface area is 165 Å². The first-order chi connectivity index (χ1) is 13.5. The highest BCUT2D eigenvalue weighted by Gasteiger charge is 2.25. The highest BCUT2D eigenvalue weighted by Crippen LogP contribution is 2.23. The number of aromatic nitrogens is 2. The fourth-order valence-corrected chi connectivity index (χ4v) is 3.64. The number of urea groups is 1. The molecule has 1 fully saturated rings. The van der Waals surface area contributed by atoms with Gasteiger partial charge >= 0.3 is 6.03 Å². The highest BCUT2D eigenvalue weighted by molar-refractivity contribution is 6.31. The summed E-state index contributed by atoms with van der Waals surface area (Å²) in [5.74, 6) is -0.474. The zero-order valence-electron chi connectivity index (χ0n) is 14.9. The van der Waals surface area contributed by atoms with Crippen molar-refractivity contribution in [2.24, 2.45) is 0 Å². The van der Waals surface area contributed by atoms with Gasteiger partial charge in [0.15, 0.2) is 0 Å². The Morgan fingerprint density at radius 1 is 1.18 bits per heavy atom. The summed E-state index contributed by atoms with van der Waals surface area (Å²) >= 11 is 6.01. The first kappa shape index (κ1) is 18.4. The maximum Gasteiger partial charge on any atom is 0.321 e. The molecule has 1 saturated heterocycles. The van der Waals surface area contributed by atoms with Crippen LogP contribution in [0.25, 0.3) is 10.9 Å². The SMILES string of the molecule is O=C(Nc1ccccc1F)N1CCC(n2cnc3ccc(Cl)cc3c2=O)CC1. The monoisotopic (exact) mass is 400 g/mol. The van der Waals surface area contributed by atoms with Crippen molar-refractivity contribution in [1.82, 2.24) is 14.5 Å². The van der Waals surface area contributed by atoms with Gasteiger partial charge in [0.2, 0.25) is 0 Å². The quantitative estimate of drug-likeness (QED) is 0.705. The van der Waals surface area contributed by atoms with Gasteiger partial charge < -0.3 is 10.2 Å². The van der Waals surface area contributed by atoms with E-state index < -0.39 is 5.82 Å². The Bertz CT molecular complexity index is 1090. The van der Waals surface area contributed by atoms with E-state index in [2.05, 4.69) is 10.3 Å². The van der Waals surface area contributed by atoms with Gasteiger partial charge in [-0.15, -0.1) is 0 Å². The summed E-state index contributed by atoms with van der Waals surface area (Å²) in [6.07, 6.45) is 2.77. The third-order valence-electron chi connectivity index (χ3n) is 5.01. The summed E-state index contributed by atoms with van der Waals surface area (Å²) in [6.45, 7) is 0.927. The van der Waals surface area contributed by atoms with E-state index in [4.69, 9.17) is 11.6 Å². The van der Waals surface area contributed by atoms with Crippen molar-refractivity contribution < 1.29 is 9.18 Å². The summed E-state index contributed by atoms with van der Waals surface area (Å²) in [4.78, 5) is 31.2. The standard InChI is InChI=1S/C20H18ClFN4O2/c21-13-5-6-17-15(11-13)19(27)26(12-23-17)14-7-9-25(10-8-14)20(28)24-18-4-2-1-3-16(18)22/h1-6,11-12,14H,7-10H2,(H,24,28). The summed E-state index contributed by atoms with van der Waals surface area (Å²) in [5.41, 5.74) is 0.621.